The normalized spacial score (nSPS) is 13.0. The highest BCUT2D eigenvalue weighted by molar-refractivity contribution is 7.14. The summed E-state index contributed by atoms with van der Waals surface area (Å²) in [5.74, 6) is 0.394. The summed E-state index contributed by atoms with van der Waals surface area (Å²) in [6.07, 6.45) is 0.174. The Morgan fingerprint density at radius 3 is 2.68 bits per heavy atom. The molecule has 0 spiro atoms. The van der Waals surface area contributed by atoms with Gasteiger partial charge < -0.3 is 9.64 Å². The third-order valence-electron chi connectivity index (χ3n) is 4.42. The third-order valence-corrected chi connectivity index (χ3v) is 5.36. The Morgan fingerprint density at radius 1 is 1.18 bits per heavy atom. The number of benzene rings is 2. The van der Waals surface area contributed by atoms with Crippen LogP contribution in [0.3, 0.4) is 0 Å². The Kier molecular flexibility index (Phi) is 5.08. The van der Waals surface area contributed by atoms with Crippen LogP contribution in [0.4, 0.5) is 16.5 Å². The second kappa shape index (κ2) is 7.82. The number of amides is 2. The first-order valence-corrected chi connectivity index (χ1v) is 9.84. The van der Waals surface area contributed by atoms with Crippen LogP contribution in [0.25, 0.3) is 0 Å². The molecule has 0 N–H and O–H groups in total. The molecule has 0 bridgehead atoms. The van der Waals surface area contributed by atoms with E-state index in [9.17, 15) is 9.59 Å². The van der Waals surface area contributed by atoms with Crippen LogP contribution in [0.5, 0.6) is 5.75 Å². The predicted octanol–water partition coefficient (Wildman–Crippen LogP) is 3.93. The Hall–Kier alpha value is -3.19. The van der Waals surface area contributed by atoms with Crippen LogP contribution in [0.1, 0.15) is 12.1 Å². The standard InChI is InChI=1S/C21H19N3O3S/c1-15-14-28-21(22-15)24(16-7-3-2-4-8-16)19(25)11-12-23-17-9-5-6-10-18(17)27-13-20(23)26/h2-10,14H,11-13H2,1H3. The average molecular weight is 393 g/mol. The van der Waals surface area contributed by atoms with Crippen molar-refractivity contribution < 1.29 is 14.3 Å². The molecule has 2 heterocycles. The fourth-order valence-corrected chi connectivity index (χ4v) is 3.94. The van der Waals surface area contributed by atoms with E-state index in [1.807, 2.05) is 66.9 Å². The quantitative estimate of drug-likeness (QED) is 0.659. The second-order valence-corrected chi connectivity index (χ2v) is 7.22. The first-order chi connectivity index (χ1) is 13.6. The number of hydrogen-bond acceptors (Lipinski definition) is 5. The second-order valence-electron chi connectivity index (χ2n) is 6.39. The number of aryl methyl sites for hydroxylation is 1. The number of fused-ring (bicyclic) bond motifs is 1. The van der Waals surface area contributed by atoms with Crippen LogP contribution < -0.4 is 14.5 Å². The lowest BCUT2D eigenvalue weighted by Crippen LogP contribution is -2.41. The van der Waals surface area contributed by atoms with Gasteiger partial charge >= 0.3 is 0 Å². The monoisotopic (exact) mass is 393 g/mol. The van der Waals surface area contributed by atoms with E-state index in [0.717, 1.165) is 11.4 Å². The lowest BCUT2D eigenvalue weighted by molar-refractivity contribution is -0.121. The molecule has 142 valence electrons. The summed E-state index contributed by atoms with van der Waals surface area (Å²) in [7, 11) is 0. The molecule has 2 amide bonds. The van der Waals surface area contributed by atoms with Gasteiger partial charge in [-0.1, -0.05) is 30.3 Å². The van der Waals surface area contributed by atoms with E-state index in [2.05, 4.69) is 4.98 Å². The number of carbonyl (C=O) groups is 2. The number of nitrogens with zero attached hydrogens (tertiary/aromatic N) is 3. The summed E-state index contributed by atoms with van der Waals surface area (Å²) in [4.78, 5) is 33.2. The lowest BCUT2D eigenvalue weighted by atomic mass is 10.2. The fraction of sp³-hybridized carbons (Fsp3) is 0.190. The highest BCUT2D eigenvalue weighted by atomic mass is 32.1. The molecule has 1 aliphatic rings. The Labute approximate surface area is 167 Å². The summed E-state index contributed by atoms with van der Waals surface area (Å²) >= 11 is 1.42. The van der Waals surface area contributed by atoms with Gasteiger partial charge in [-0.15, -0.1) is 11.3 Å². The summed E-state index contributed by atoms with van der Waals surface area (Å²) in [6, 6.07) is 16.8. The summed E-state index contributed by atoms with van der Waals surface area (Å²) < 4.78 is 5.47. The Balaban J connectivity index is 1.56. The van der Waals surface area contributed by atoms with E-state index in [-0.39, 0.29) is 31.4 Å². The minimum Gasteiger partial charge on any atom is -0.482 e. The van der Waals surface area contributed by atoms with Crippen molar-refractivity contribution in [2.75, 3.05) is 23.0 Å². The van der Waals surface area contributed by atoms with Gasteiger partial charge in [-0.2, -0.15) is 0 Å². The summed E-state index contributed by atoms with van der Waals surface area (Å²) in [5.41, 5.74) is 2.32. The predicted molar refractivity (Wildman–Crippen MR) is 109 cm³/mol. The molecule has 28 heavy (non-hydrogen) atoms. The highest BCUT2D eigenvalue weighted by Gasteiger charge is 2.27. The maximum Gasteiger partial charge on any atom is 0.265 e. The van der Waals surface area contributed by atoms with Crippen molar-refractivity contribution in [1.82, 2.24) is 4.98 Å². The topological polar surface area (TPSA) is 62.7 Å². The third kappa shape index (κ3) is 3.61. The Bertz CT molecular complexity index is 1000. The molecule has 0 fully saturated rings. The number of carbonyl (C=O) groups excluding carboxylic acids is 2. The molecule has 0 aliphatic carbocycles. The van der Waals surface area contributed by atoms with E-state index < -0.39 is 0 Å². The lowest BCUT2D eigenvalue weighted by Gasteiger charge is -2.29. The van der Waals surface area contributed by atoms with Gasteiger partial charge in [0.05, 0.1) is 17.1 Å². The molecule has 4 rings (SSSR count). The van der Waals surface area contributed by atoms with Crippen molar-refractivity contribution in [2.24, 2.45) is 0 Å². The van der Waals surface area contributed by atoms with Crippen LogP contribution in [0.15, 0.2) is 60.0 Å². The van der Waals surface area contributed by atoms with Gasteiger partial charge in [0.1, 0.15) is 5.75 Å². The fourth-order valence-electron chi connectivity index (χ4n) is 3.10. The Morgan fingerprint density at radius 2 is 1.93 bits per heavy atom. The van der Waals surface area contributed by atoms with Crippen LogP contribution >= 0.6 is 11.3 Å². The van der Waals surface area contributed by atoms with Crippen molar-refractivity contribution in [1.29, 1.82) is 0 Å². The molecular formula is C21H19N3O3S. The maximum absolute atomic E-state index is 13.1. The zero-order valence-electron chi connectivity index (χ0n) is 15.4. The summed E-state index contributed by atoms with van der Waals surface area (Å²) in [6.45, 7) is 2.17. The number of hydrogen-bond donors (Lipinski definition) is 0. The SMILES string of the molecule is Cc1csc(N(C(=O)CCN2C(=O)COc3ccccc32)c2ccccc2)n1. The van der Waals surface area contributed by atoms with E-state index in [1.165, 1.54) is 11.3 Å². The molecule has 0 saturated heterocycles. The van der Waals surface area contributed by atoms with Gasteiger partial charge in [0.15, 0.2) is 11.7 Å². The molecule has 0 radical (unpaired) electrons. The largest absolute Gasteiger partial charge is 0.482 e. The van der Waals surface area contributed by atoms with Gasteiger partial charge in [0.25, 0.3) is 5.91 Å². The van der Waals surface area contributed by atoms with Crippen molar-refractivity contribution in [2.45, 2.75) is 13.3 Å². The van der Waals surface area contributed by atoms with Gasteiger partial charge in [0, 0.05) is 18.3 Å². The first kappa shape index (κ1) is 18.2. The molecule has 0 atom stereocenters. The minimum absolute atomic E-state index is 0.0146. The van der Waals surface area contributed by atoms with Crippen molar-refractivity contribution >= 4 is 39.7 Å². The van der Waals surface area contributed by atoms with Gasteiger partial charge in [-0.25, -0.2) is 4.98 Å². The van der Waals surface area contributed by atoms with Gasteiger partial charge in [-0.3, -0.25) is 14.5 Å². The van der Waals surface area contributed by atoms with E-state index >= 15 is 0 Å². The number of para-hydroxylation sites is 3. The number of anilines is 3. The van der Waals surface area contributed by atoms with Crippen molar-refractivity contribution in [3.63, 3.8) is 0 Å². The molecule has 1 aromatic heterocycles. The van der Waals surface area contributed by atoms with E-state index in [0.29, 0.717) is 16.6 Å². The van der Waals surface area contributed by atoms with Crippen LogP contribution in [-0.4, -0.2) is 29.9 Å². The molecule has 7 heteroatoms. The van der Waals surface area contributed by atoms with Crippen LogP contribution in [0.2, 0.25) is 0 Å². The van der Waals surface area contributed by atoms with Crippen molar-refractivity contribution in [3.8, 4) is 5.75 Å². The molecule has 0 unspecified atom stereocenters. The smallest absolute Gasteiger partial charge is 0.265 e. The average Bonchev–Trinajstić information content (AvgIpc) is 3.14. The summed E-state index contributed by atoms with van der Waals surface area (Å²) in [5, 5.41) is 2.54. The van der Waals surface area contributed by atoms with Gasteiger partial charge in [-0.05, 0) is 31.2 Å². The number of rotatable bonds is 5. The minimum atomic E-state index is -0.150. The molecule has 6 nitrogen and oxygen atoms in total. The van der Waals surface area contributed by atoms with Gasteiger partial charge in [0.2, 0.25) is 5.91 Å². The first-order valence-electron chi connectivity index (χ1n) is 8.96. The number of thiazole rings is 1. The van der Waals surface area contributed by atoms with E-state index in [4.69, 9.17) is 4.74 Å². The van der Waals surface area contributed by atoms with Crippen molar-refractivity contribution in [3.05, 3.63) is 65.7 Å². The van der Waals surface area contributed by atoms with Crippen LogP contribution in [-0.2, 0) is 9.59 Å². The zero-order chi connectivity index (χ0) is 19.5. The molecule has 0 saturated carbocycles. The molecule has 1 aliphatic heterocycles. The highest BCUT2D eigenvalue weighted by Crippen LogP contribution is 2.33. The zero-order valence-corrected chi connectivity index (χ0v) is 16.2. The van der Waals surface area contributed by atoms with Crippen LogP contribution in [0, 0.1) is 6.92 Å². The number of aromatic nitrogens is 1. The maximum atomic E-state index is 13.1. The van der Waals surface area contributed by atoms with E-state index in [1.54, 1.807) is 9.80 Å². The number of ether oxygens (including phenoxy) is 1. The molecular weight excluding hydrogens is 374 g/mol. The molecule has 3 aromatic rings. The molecule has 2 aromatic carbocycles.